The van der Waals surface area contributed by atoms with Gasteiger partial charge in [0.1, 0.15) is 0 Å². The molecule has 0 aliphatic heterocycles. The van der Waals surface area contributed by atoms with Crippen molar-refractivity contribution in [1.29, 1.82) is 0 Å². The van der Waals surface area contributed by atoms with Crippen molar-refractivity contribution in [3.63, 3.8) is 0 Å². The Labute approximate surface area is 136 Å². The summed E-state index contributed by atoms with van der Waals surface area (Å²) in [6.45, 7) is 1.98. The lowest BCUT2D eigenvalue weighted by Gasteiger charge is -2.29. The van der Waals surface area contributed by atoms with Crippen LogP contribution < -0.4 is 5.32 Å². The lowest BCUT2D eigenvalue weighted by molar-refractivity contribution is -0.146. The van der Waals surface area contributed by atoms with Crippen LogP contribution in [-0.2, 0) is 14.3 Å². The SMILES string of the molecule is C[C@H]1CCCC[C@@H]1NC(=O)COC(=O)CSc1ccccc1. The van der Waals surface area contributed by atoms with Crippen molar-refractivity contribution in [3.05, 3.63) is 30.3 Å². The van der Waals surface area contributed by atoms with E-state index in [1.807, 2.05) is 30.3 Å². The minimum Gasteiger partial charge on any atom is -0.455 e. The van der Waals surface area contributed by atoms with E-state index in [-0.39, 0.29) is 30.3 Å². The van der Waals surface area contributed by atoms with Crippen molar-refractivity contribution in [2.24, 2.45) is 5.92 Å². The quantitative estimate of drug-likeness (QED) is 0.646. The summed E-state index contributed by atoms with van der Waals surface area (Å²) in [5.41, 5.74) is 0. The summed E-state index contributed by atoms with van der Waals surface area (Å²) in [5.74, 6) is 0.163. The summed E-state index contributed by atoms with van der Waals surface area (Å²) in [5, 5.41) is 2.97. The summed E-state index contributed by atoms with van der Waals surface area (Å²) in [6, 6.07) is 9.88. The Morgan fingerprint density at radius 2 is 1.95 bits per heavy atom. The van der Waals surface area contributed by atoms with E-state index in [9.17, 15) is 9.59 Å². The molecule has 0 saturated heterocycles. The number of amides is 1. The van der Waals surface area contributed by atoms with Gasteiger partial charge < -0.3 is 10.1 Å². The highest BCUT2D eigenvalue weighted by Crippen LogP contribution is 2.23. The fraction of sp³-hybridized carbons (Fsp3) is 0.529. The van der Waals surface area contributed by atoms with E-state index in [1.54, 1.807) is 0 Å². The van der Waals surface area contributed by atoms with Crippen LogP contribution >= 0.6 is 11.8 Å². The topological polar surface area (TPSA) is 55.4 Å². The molecule has 1 aliphatic rings. The van der Waals surface area contributed by atoms with Gasteiger partial charge in [0, 0.05) is 10.9 Å². The number of hydrogen-bond acceptors (Lipinski definition) is 4. The van der Waals surface area contributed by atoms with E-state index in [0.717, 1.165) is 24.2 Å². The normalized spacial score (nSPS) is 21.1. The van der Waals surface area contributed by atoms with Gasteiger partial charge in [0.15, 0.2) is 6.61 Å². The van der Waals surface area contributed by atoms with Gasteiger partial charge >= 0.3 is 5.97 Å². The Kier molecular flexibility index (Phi) is 6.77. The molecule has 4 nitrogen and oxygen atoms in total. The van der Waals surface area contributed by atoms with Crippen molar-refractivity contribution in [2.75, 3.05) is 12.4 Å². The van der Waals surface area contributed by atoms with E-state index >= 15 is 0 Å². The molecule has 2 rings (SSSR count). The second kappa shape index (κ2) is 8.83. The molecule has 1 saturated carbocycles. The number of ether oxygens (including phenoxy) is 1. The van der Waals surface area contributed by atoms with Crippen molar-refractivity contribution < 1.29 is 14.3 Å². The highest BCUT2D eigenvalue weighted by Gasteiger charge is 2.23. The second-order valence-electron chi connectivity index (χ2n) is 5.70. The maximum atomic E-state index is 11.8. The Hall–Kier alpha value is -1.49. The molecule has 2 atom stereocenters. The molecular weight excluding hydrogens is 298 g/mol. The number of carbonyl (C=O) groups excluding carboxylic acids is 2. The minimum absolute atomic E-state index is 0.183. The first-order valence-electron chi connectivity index (χ1n) is 7.78. The number of rotatable bonds is 6. The zero-order valence-electron chi connectivity index (χ0n) is 12.9. The molecule has 0 radical (unpaired) electrons. The molecule has 0 spiro atoms. The van der Waals surface area contributed by atoms with Gasteiger partial charge in [-0.1, -0.05) is 38.0 Å². The zero-order chi connectivity index (χ0) is 15.8. The molecule has 0 heterocycles. The van der Waals surface area contributed by atoms with E-state index in [2.05, 4.69) is 12.2 Å². The van der Waals surface area contributed by atoms with Gasteiger partial charge in [0.25, 0.3) is 5.91 Å². The fourth-order valence-corrected chi connectivity index (χ4v) is 3.34. The van der Waals surface area contributed by atoms with Crippen molar-refractivity contribution >= 4 is 23.6 Å². The van der Waals surface area contributed by atoms with Gasteiger partial charge in [0.05, 0.1) is 5.75 Å². The Balaban J connectivity index is 1.64. The van der Waals surface area contributed by atoms with Crippen molar-refractivity contribution in [2.45, 2.75) is 43.5 Å². The van der Waals surface area contributed by atoms with Crippen LogP contribution in [0.5, 0.6) is 0 Å². The third kappa shape index (κ3) is 5.72. The second-order valence-corrected chi connectivity index (χ2v) is 6.75. The molecule has 0 bridgehead atoms. The van der Waals surface area contributed by atoms with Crippen LogP contribution in [0, 0.1) is 5.92 Å². The summed E-state index contributed by atoms with van der Waals surface area (Å²) in [7, 11) is 0. The van der Waals surface area contributed by atoms with Gasteiger partial charge in [-0.3, -0.25) is 9.59 Å². The lowest BCUT2D eigenvalue weighted by Crippen LogP contribution is -2.43. The average Bonchev–Trinajstić information content (AvgIpc) is 2.54. The van der Waals surface area contributed by atoms with Crippen LogP contribution in [0.2, 0.25) is 0 Å². The molecule has 0 aromatic heterocycles. The number of nitrogens with one attached hydrogen (secondary N) is 1. The third-order valence-corrected chi connectivity index (χ3v) is 4.91. The molecule has 5 heteroatoms. The van der Waals surface area contributed by atoms with Crippen LogP contribution in [0.3, 0.4) is 0 Å². The number of carbonyl (C=O) groups is 2. The Morgan fingerprint density at radius 1 is 1.23 bits per heavy atom. The van der Waals surface area contributed by atoms with Gasteiger partial charge in [-0.25, -0.2) is 0 Å². The molecule has 1 N–H and O–H groups in total. The van der Waals surface area contributed by atoms with Crippen LogP contribution in [0.25, 0.3) is 0 Å². The standard InChI is InChI=1S/C17H23NO3S/c1-13-7-5-6-10-15(13)18-16(19)11-21-17(20)12-22-14-8-3-2-4-9-14/h2-4,8-9,13,15H,5-7,10-12H2,1H3,(H,18,19)/t13-,15-/m0/s1. The van der Waals surface area contributed by atoms with Crippen LogP contribution in [0.1, 0.15) is 32.6 Å². The van der Waals surface area contributed by atoms with Gasteiger partial charge in [-0.05, 0) is 30.9 Å². The molecule has 120 valence electrons. The number of benzene rings is 1. The summed E-state index contributed by atoms with van der Waals surface area (Å²) in [4.78, 5) is 24.5. The van der Waals surface area contributed by atoms with Gasteiger partial charge in [0.2, 0.25) is 0 Å². The third-order valence-electron chi connectivity index (χ3n) is 3.92. The molecule has 1 aliphatic carbocycles. The highest BCUT2D eigenvalue weighted by atomic mass is 32.2. The summed E-state index contributed by atoms with van der Waals surface area (Å²) < 4.78 is 5.03. The molecule has 1 aromatic carbocycles. The van der Waals surface area contributed by atoms with E-state index in [4.69, 9.17) is 4.74 Å². The molecular formula is C17H23NO3S. The van der Waals surface area contributed by atoms with E-state index in [1.165, 1.54) is 18.2 Å². The smallest absolute Gasteiger partial charge is 0.316 e. The molecule has 22 heavy (non-hydrogen) atoms. The lowest BCUT2D eigenvalue weighted by atomic mass is 9.86. The zero-order valence-corrected chi connectivity index (χ0v) is 13.7. The van der Waals surface area contributed by atoms with Crippen LogP contribution in [0.15, 0.2) is 35.2 Å². The minimum atomic E-state index is -0.360. The number of hydrogen-bond donors (Lipinski definition) is 1. The van der Waals surface area contributed by atoms with E-state index < -0.39 is 0 Å². The molecule has 1 fully saturated rings. The van der Waals surface area contributed by atoms with Crippen molar-refractivity contribution in [3.8, 4) is 0 Å². The number of esters is 1. The average molecular weight is 321 g/mol. The van der Waals surface area contributed by atoms with Gasteiger partial charge in [-0.2, -0.15) is 0 Å². The van der Waals surface area contributed by atoms with Gasteiger partial charge in [-0.15, -0.1) is 11.8 Å². The van der Waals surface area contributed by atoms with Crippen LogP contribution in [-0.4, -0.2) is 30.3 Å². The maximum Gasteiger partial charge on any atom is 0.316 e. The van der Waals surface area contributed by atoms with E-state index in [0.29, 0.717) is 5.92 Å². The predicted molar refractivity (Wildman–Crippen MR) is 87.7 cm³/mol. The molecule has 1 aromatic rings. The largest absolute Gasteiger partial charge is 0.455 e. The fourth-order valence-electron chi connectivity index (χ4n) is 2.63. The maximum absolute atomic E-state index is 11.8. The first-order chi connectivity index (χ1) is 10.6. The first kappa shape index (κ1) is 16.9. The Bertz CT molecular complexity index is 492. The van der Waals surface area contributed by atoms with Crippen molar-refractivity contribution in [1.82, 2.24) is 5.32 Å². The first-order valence-corrected chi connectivity index (χ1v) is 8.76. The predicted octanol–water partition coefficient (Wildman–Crippen LogP) is 3.02. The highest BCUT2D eigenvalue weighted by molar-refractivity contribution is 8.00. The monoisotopic (exact) mass is 321 g/mol. The molecule has 1 amide bonds. The summed E-state index contributed by atoms with van der Waals surface area (Å²) in [6.07, 6.45) is 4.56. The number of thioether (sulfide) groups is 1. The molecule has 0 unspecified atom stereocenters. The summed E-state index contributed by atoms with van der Waals surface area (Å²) >= 11 is 1.41. The van der Waals surface area contributed by atoms with Crippen LogP contribution in [0.4, 0.5) is 0 Å². The Morgan fingerprint density at radius 3 is 2.68 bits per heavy atom.